The largest absolute Gasteiger partial charge is 0.462 e. The van der Waals surface area contributed by atoms with Gasteiger partial charge in [0.25, 0.3) is 0 Å². The van der Waals surface area contributed by atoms with Crippen molar-refractivity contribution in [3.05, 3.63) is 77.1 Å². The van der Waals surface area contributed by atoms with Crippen LogP contribution >= 0.6 is 0 Å². The van der Waals surface area contributed by atoms with E-state index in [4.69, 9.17) is 4.74 Å². The molecule has 2 aromatic rings. The van der Waals surface area contributed by atoms with Crippen LogP contribution < -0.4 is 4.74 Å². The van der Waals surface area contributed by atoms with E-state index in [0.717, 1.165) is 25.7 Å². The zero-order valence-electron chi connectivity index (χ0n) is 14.8. The molecule has 2 aromatic carbocycles. The summed E-state index contributed by atoms with van der Waals surface area (Å²) >= 11 is 0. The summed E-state index contributed by atoms with van der Waals surface area (Å²) in [5.41, 5.74) is 3.09. The SMILES string of the molecule is C/C=C/Oc1ccc(C2CCC(c3ccc(C)cc3)CC2)c(F)c1F. The Morgan fingerprint density at radius 3 is 2.16 bits per heavy atom. The summed E-state index contributed by atoms with van der Waals surface area (Å²) < 4.78 is 33.7. The van der Waals surface area contributed by atoms with E-state index in [9.17, 15) is 8.78 Å². The van der Waals surface area contributed by atoms with E-state index in [0.29, 0.717) is 11.5 Å². The summed E-state index contributed by atoms with van der Waals surface area (Å²) in [6.07, 6.45) is 6.76. The standard InChI is InChI=1S/C22H24F2O/c1-3-14-25-20-13-12-19(21(23)22(20)24)18-10-8-17(9-11-18)16-6-4-15(2)5-7-16/h3-7,12-14,17-18H,8-11H2,1-2H3/b14-3+. The second kappa shape index (κ2) is 7.81. The Bertz CT molecular complexity index is 741. The summed E-state index contributed by atoms with van der Waals surface area (Å²) in [6.45, 7) is 3.84. The lowest BCUT2D eigenvalue weighted by Gasteiger charge is -2.29. The zero-order valence-corrected chi connectivity index (χ0v) is 14.8. The Labute approximate surface area is 148 Å². The van der Waals surface area contributed by atoms with Crippen LogP contribution in [-0.4, -0.2) is 0 Å². The summed E-state index contributed by atoms with van der Waals surface area (Å²) in [4.78, 5) is 0. The molecule has 0 amide bonds. The number of hydrogen-bond donors (Lipinski definition) is 0. The molecule has 1 saturated carbocycles. The number of benzene rings is 2. The van der Waals surface area contributed by atoms with Crippen LogP contribution in [0, 0.1) is 18.6 Å². The monoisotopic (exact) mass is 342 g/mol. The number of aryl methyl sites for hydroxylation is 1. The van der Waals surface area contributed by atoms with Crippen LogP contribution in [0.5, 0.6) is 5.75 Å². The molecular formula is C22H24F2O. The Hall–Kier alpha value is -2.16. The molecule has 0 aromatic heterocycles. The summed E-state index contributed by atoms with van der Waals surface area (Å²) in [5.74, 6) is -1.13. The molecule has 0 unspecified atom stereocenters. The van der Waals surface area contributed by atoms with E-state index in [2.05, 4.69) is 31.2 Å². The highest BCUT2D eigenvalue weighted by Crippen LogP contribution is 2.42. The Morgan fingerprint density at radius 1 is 0.880 bits per heavy atom. The molecule has 0 heterocycles. The number of hydrogen-bond acceptors (Lipinski definition) is 1. The van der Waals surface area contributed by atoms with Gasteiger partial charge in [-0.05, 0) is 68.6 Å². The third-order valence-electron chi connectivity index (χ3n) is 5.12. The van der Waals surface area contributed by atoms with E-state index in [1.54, 1.807) is 19.1 Å². The average Bonchev–Trinajstić information content (AvgIpc) is 2.64. The molecule has 0 bridgehead atoms. The van der Waals surface area contributed by atoms with Crippen molar-refractivity contribution in [1.82, 2.24) is 0 Å². The van der Waals surface area contributed by atoms with Gasteiger partial charge in [0.15, 0.2) is 11.6 Å². The first-order valence-corrected chi connectivity index (χ1v) is 8.92. The van der Waals surface area contributed by atoms with Crippen LogP contribution in [-0.2, 0) is 0 Å². The van der Waals surface area contributed by atoms with Crippen molar-refractivity contribution < 1.29 is 13.5 Å². The smallest absolute Gasteiger partial charge is 0.201 e. The van der Waals surface area contributed by atoms with Crippen molar-refractivity contribution in [3.63, 3.8) is 0 Å². The van der Waals surface area contributed by atoms with Gasteiger partial charge in [-0.25, -0.2) is 4.39 Å². The maximum atomic E-state index is 14.5. The fourth-order valence-corrected chi connectivity index (χ4v) is 3.67. The third kappa shape index (κ3) is 3.92. The first-order chi connectivity index (χ1) is 12.1. The third-order valence-corrected chi connectivity index (χ3v) is 5.12. The van der Waals surface area contributed by atoms with E-state index in [-0.39, 0.29) is 11.7 Å². The van der Waals surface area contributed by atoms with Gasteiger partial charge in [0.2, 0.25) is 5.82 Å². The van der Waals surface area contributed by atoms with Gasteiger partial charge in [0.1, 0.15) is 0 Å². The second-order valence-corrected chi connectivity index (χ2v) is 6.83. The average molecular weight is 342 g/mol. The molecule has 25 heavy (non-hydrogen) atoms. The van der Waals surface area contributed by atoms with E-state index < -0.39 is 11.6 Å². The quantitative estimate of drug-likeness (QED) is 0.567. The van der Waals surface area contributed by atoms with Crippen molar-refractivity contribution in [2.75, 3.05) is 0 Å². The van der Waals surface area contributed by atoms with Crippen molar-refractivity contribution in [2.45, 2.75) is 51.4 Å². The summed E-state index contributed by atoms with van der Waals surface area (Å²) in [6, 6.07) is 11.9. The molecule has 1 fully saturated rings. The van der Waals surface area contributed by atoms with Gasteiger partial charge in [-0.3, -0.25) is 0 Å². The van der Waals surface area contributed by atoms with Gasteiger partial charge >= 0.3 is 0 Å². The topological polar surface area (TPSA) is 9.23 Å². The molecule has 0 spiro atoms. The summed E-state index contributed by atoms with van der Waals surface area (Å²) in [7, 11) is 0. The minimum atomic E-state index is -0.892. The number of rotatable bonds is 4. The maximum absolute atomic E-state index is 14.5. The molecule has 0 radical (unpaired) electrons. The predicted octanol–water partition coefficient (Wildman–Crippen LogP) is 6.63. The lowest BCUT2D eigenvalue weighted by molar-refractivity contribution is 0.372. The van der Waals surface area contributed by atoms with Crippen molar-refractivity contribution >= 4 is 0 Å². The first kappa shape index (κ1) is 17.7. The maximum Gasteiger partial charge on any atom is 0.201 e. The van der Waals surface area contributed by atoms with Crippen LogP contribution in [0.25, 0.3) is 0 Å². The predicted molar refractivity (Wildman–Crippen MR) is 96.9 cm³/mol. The molecule has 1 nitrogen and oxygen atoms in total. The number of allylic oxidation sites excluding steroid dienone is 1. The van der Waals surface area contributed by atoms with Gasteiger partial charge in [-0.1, -0.05) is 42.0 Å². The molecule has 0 aliphatic heterocycles. The number of ether oxygens (including phenoxy) is 1. The molecular weight excluding hydrogens is 318 g/mol. The summed E-state index contributed by atoms with van der Waals surface area (Å²) in [5, 5.41) is 0. The lowest BCUT2D eigenvalue weighted by Crippen LogP contribution is -2.14. The molecule has 0 N–H and O–H groups in total. The van der Waals surface area contributed by atoms with Crippen LogP contribution in [0.1, 0.15) is 61.1 Å². The minimum Gasteiger partial charge on any atom is -0.462 e. The van der Waals surface area contributed by atoms with Crippen LogP contribution in [0.3, 0.4) is 0 Å². The molecule has 3 heteroatoms. The molecule has 0 atom stereocenters. The fraction of sp³-hybridized carbons (Fsp3) is 0.364. The normalized spacial score (nSPS) is 20.8. The number of halogens is 2. The van der Waals surface area contributed by atoms with Crippen molar-refractivity contribution in [3.8, 4) is 5.75 Å². The zero-order chi connectivity index (χ0) is 17.8. The van der Waals surface area contributed by atoms with Gasteiger partial charge in [-0.2, -0.15) is 4.39 Å². The van der Waals surface area contributed by atoms with E-state index in [1.165, 1.54) is 23.5 Å². The Kier molecular flexibility index (Phi) is 5.52. The van der Waals surface area contributed by atoms with E-state index in [1.807, 2.05) is 0 Å². The van der Waals surface area contributed by atoms with Crippen LogP contribution in [0.4, 0.5) is 8.78 Å². The van der Waals surface area contributed by atoms with Crippen LogP contribution in [0.15, 0.2) is 48.7 Å². The second-order valence-electron chi connectivity index (χ2n) is 6.83. The molecule has 132 valence electrons. The van der Waals surface area contributed by atoms with Gasteiger partial charge in [0.05, 0.1) is 6.26 Å². The fourth-order valence-electron chi connectivity index (χ4n) is 3.67. The van der Waals surface area contributed by atoms with Gasteiger partial charge < -0.3 is 4.74 Å². The Morgan fingerprint density at radius 2 is 1.52 bits per heavy atom. The lowest BCUT2D eigenvalue weighted by atomic mass is 9.76. The molecule has 0 saturated heterocycles. The highest BCUT2D eigenvalue weighted by molar-refractivity contribution is 5.34. The highest BCUT2D eigenvalue weighted by Gasteiger charge is 2.27. The highest BCUT2D eigenvalue weighted by atomic mass is 19.2. The van der Waals surface area contributed by atoms with Crippen molar-refractivity contribution in [2.24, 2.45) is 0 Å². The molecule has 1 aliphatic carbocycles. The molecule has 3 rings (SSSR count). The molecule has 1 aliphatic rings. The van der Waals surface area contributed by atoms with E-state index >= 15 is 0 Å². The first-order valence-electron chi connectivity index (χ1n) is 8.92. The Balaban J connectivity index is 1.70. The minimum absolute atomic E-state index is 0.0623. The van der Waals surface area contributed by atoms with Crippen LogP contribution in [0.2, 0.25) is 0 Å². The van der Waals surface area contributed by atoms with Gasteiger partial charge in [0, 0.05) is 0 Å². The van der Waals surface area contributed by atoms with Crippen molar-refractivity contribution in [1.29, 1.82) is 0 Å². The van der Waals surface area contributed by atoms with Gasteiger partial charge in [-0.15, -0.1) is 0 Å².